The molecule has 0 amide bonds. The van der Waals surface area contributed by atoms with Crippen LogP contribution < -0.4 is 4.90 Å². The summed E-state index contributed by atoms with van der Waals surface area (Å²) in [7, 11) is 4.03. The van der Waals surface area contributed by atoms with Crippen LogP contribution in [0.25, 0.3) is 0 Å². The number of aldehydes is 1. The van der Waals surface area contributed by atoms with Gasteiger partial charge in [-0.2, -0.15) is 0 Å². The Hall–Kier alpha value is -1.31. The predicted molar refractivity (Wildman–Crippen MR) is 64.8 cm³/mol. The van der Waals surface area contributed by atoms with Crippen LogP contribution in [-0.4, -0.2) is 20.4 Å². The van der Waals surface area contributed by atoms with Gasteiger partial charge in [-0.1, -0.05) is 25.5 Å². The van der Waals surface area contributed by atoms with Crippen LogP contribution in [0, 0.1) is 0 Å². The van der Waals surface area contributed by atoms with Crippen molar-refractivity contribution in [2.45, 2.75) is 26.2 Å². The van der Waals surface area contributed by atoms with Gasteiger partial charge in [0.15, 0.2) is 0 Å². The fourth-order valence-electron chi connectivity index (χ4n) is 1.75. The van der Waals surface area contributed by atoms with Gasteiger partial charge >= 0.3 is 0 Å². The molecule has 2 nitrogen and oxygen atoms in total. The summed E-state index contributed by atoms with van der Waals surface area (Å²) in [5.41, 5.74) is 3.17. The smallest absolute Gasteiger partial charge is 0.150 e. The van der Waals surface area contributed by atoms with Gasteiger partial charge in [0, 0.05) is 25.3 Å². The molecule has 0 N–H and O–H groups in total. The number of unbranched alkanes of at least 4 members (excludes halogenated alkanes) is 1. The molecule has 0 atom stereocenters. The molecule has 0 fully saturated rings. The van der Waals surface area contributed by atoms with Crippen molar-refractivity contribution < 1.29 is 4.79 Å². The van der Waals surface area contributed by atoms with E-state index in [9.17, 15) is 4.79 Å². The minimum Gasteiger partial charge on any atom is -0.377 e. The van der Waals surface area contributed by atoms with Crippen molar-refractivity contribution in [2.75, 3.05) is 19.0 Å². The molecule has 2 heteroatoms. The largest absolute Gasteiger partial charge is 0.377 e. The molecular weight excluding hydrogens is 186 g/mol. The summed E-state index contributed by atoms with van der Waals surface area (Å²) in [6.07, 6.45) is 4.22. The van der Waals surface area contributed by atoms with Crippen LogP contribution >= 0.6 is 0 Å². The zero-order valence-corrected chi connectivity index (χ0v) is 9.79. The normalized spacial score (nSPS) is 10.1. The summed E-state index contributed by atoms with van der Waals surface area (Å²) < 4.78 is 0. The maximum absolute atomic E-state index is 10.9. The Morgan fingerprint density at radius 2 is 2.07 bits per heavy atom. The summed E-state index contributed by atoms with van der Waals surface area (Å²) in [4.78, 5) is 13.0. The average molecular weight is 205 g/mol. The summed E-state index contributed by atoms with van der Waals surface area (Å²) >= 11 is 0. The SMILES string of the molecule is CCCCc1c(C=O)cccc1N(C)C. The summed E-state index contributed by atoms with van der Waals surface area (Å²) in [6.45, 7) is 2.17. The van der Waals surface area contributed by atoms with Crippen LogP contribution in [-0.2, 0) is 6.42 Å². The molecule has 1 aromatic carbocycles. The number of carbonyl (C=O) groups excluding carboxylic acids is 1. The molecule has 0 saturated carbocycles. The van der Waals surface area contributed by atoms with Crippen molar-refractivity contribution in [3.8, 4) is 0 Å². The molecule has 0 saturated heterocycles. The fourth-order valence-corrected chi connectivity index (χ4v) is 1.75. The molecule has 0 radical (unpaired) electrons. The number of benzene rings is 1. The fraction of sp³-hybridized carbons (Fsp3) is 0.462. The van der Waals surface area contributed by atoms with Crippen molar-refractivity contribution in [1.82, 2.24) is 0 Å². The monoisotopic (exact) mass is 205 g/mol. The van der Waals surface area contributed by atoms with Gasteiger partial charge < -0.3 is 4.90 Å². The maximum atomic E-state index is 10.9. The van der Waals surface area contributed by atoms with E-state index in [4.69, 9.17) is 0 Å². The highest BCUT2D eigenvalue weighted by Gasteiger charge is 2.08. The van der Waals surface area contributed by atoms with Crippen molar-refractivity contribution >= 4 is 12.0 Å². The quantitative estimate of drug-likeness (QED) is 0.689. The summed E-state index contributed by atoms with van der Waals surface area (Å²) in [5, 5.41) is 0. The van der Waals surface area contributed by atoms with E-state index in [1.807, 2.05) is 26.2 Å². The van der Waals surface area contributed by atoms with Gasteiger partial charge in [-0.15, -0.1) is 0 Å². The molecule has 0 unspecified atom stereocenters. The zero-order chi connectivity index (χ0) is 11.3. The minimum atomic E-state index is 0.828. The lowest BCUT2D eigenvalue weighted by Gasteiger charge is -2.18. The number of hydrogen-bond acceptors (Lipinski definition) is 2. The second-order valence-electron chi connectivity index (χ2n) is 3.96. The minimum absolute atomic E-state index is 0.828. The van der Waals surface area contributed by atoms with E-state index in [0.717, 1.165) is 36.8 Å². The molecular formula is C13H19NO. The van der Waals surface area contributed by atoms with Crippen molar-refractivity contribution in [3.63, 3.8) is 0 Å². The zero-order valence-electron chi connectivity index (χ0n) is 9.79. The first-order chi connectivity index (χ1) is 7.20. The number of rotatable bonds is 5. The van der Waals surface area contributed by atoms with E-state index in [-0.39, 0.29) is 0 Å². The van der Waals surface area contributed by atoms with Gasteiger partial charge in [0.1, 0.15) is 6.29 Å². The lowest BCUT2D eigenvalue weighted by Crippen LogP contribution is -2.12. The molecule has 15 heavy (non-hydrogen) atoms. The van der Waals surface area contributed by atoms with E-state index >= 15 is 0 Å². The molecule has 0 bridgehead atoms. The summed E-state index contributed by atoms with van der Waals surface area (Å²) in [6, 6.07) is 5.90. The van der Waals surface area contributed by atoms with Crippen LogP contribution in [0.15, 0.2) is 18.2 Å². The Bertz CT molecular complexity index is 331. The molecule has 0 aromatic heterocycles. The Kier molecular flexibility index (Phi) is 4.35. The number of hydrogen-bond donors (Lipinski definition) is 0. The lowest BCUT2D eigenvalue weighted by molar-refractivity contribution is 0.112. The Balaban J connectivity index is 3.08. The number of anilines is 1. The van der Waals surface area contributed by atoms with Crippen LogP contribution in [0.4, 0.5) is 5.69 Å². The molecule has 0 aliphatic carbocycles. The second-order valence-corrected chi connectivity index (χ2v) is 3.96. The molecule has 82 valence electrons. The molecule has 0 aliphatic heterocycles. The number of nitrogens with zero attached hydrogens (tertiary/aromatic N) is 1. The first-order valence-corrected chi connectivity index (χ1v) is 5.45. The first kappa shape index (κ1) is 11.8. The second kappa shape index (κ2) is 5.54. The third-order valence-corrected chi connectivity index (χ3v) is 2.58. The third kappa shape index (κ3) is 2.82. The van der Waals surface area contributed by atoms with Crippen molar-refractivity contribution in [1.29, 1.82) is 0 Å². The maximum Gasteiger partial charge on any atom is 0.150 e. The molecule has 0 spiro atoms. The van der Waals surface area contributed by atoms with E-state index in [2.05, 4.69) is 17.9 Å². The van der Waals surface area contributed by atoms with Gasteiger partial charge in [0.05, 0.1) is 0 Å². The van der Waals surface area contributed by atoms with Crippen LogP contribution in [0.3, 0.4) is 0 Å². The van der Waals surface area contributed by atoms with Gasteiger partial charge in [0.25, 0.3) is 0 Å². The highest BCUT2D eigenvalue weighted by Crippen LogP contribution is 2.23. The molecule has 1 aromatic rings. The molecule has 1 rings (SSSR count). The average Bonchev–Trinajstić information content (AvgIpc) is 2.25. The van der Waals surface area contributed by atoms with Crippen LogP contribution in [0.1, 0.15) is 35.7 Å². The topological polar surface area (TPSA) is 20.3 Å². The first-order valence-electron chi connectivity index (χ1n) is 5.45. The van der Waals surface area contributed by atoms with Crippen LogP contribution in [0.2, 0.25) is 0 Å². The Labute approximate surface area is 91.9 Å². The van der Waals surface area contributed by atoms with Gasteiger partial charge in [-0.25, -0.2) is 0 Å². The highest BCUT2D eigenvalue weighted by atomic mass is 16.1. The van der Waals surface area contributed by atoms with E-state index in [0.29, 0.717) is 0 Å². The van der Waals surface area contributed by atoms with Gasteiger partial charge in [0.2, 0.25) is 0 Å². The van der Waals surface area contributed by atoms with E-state index in [1.165, 1.54) is 5.56 Å². The van der Waals surface area contributed by atoms with E-state index in [1.54, 1.807) is 0 Å². The van der Waals surface area contributed by atoms with Gasteiger partial charge in [-0.05, 0) is 24.5 Å². The third-order valence-electron chi connectivity index (χ3n) is 2.58. The Morgan fingerprint density at radius 1 is 1.33 bits per heavy atom. The molecule has 0 aliphatic rings. The van der Waals surface area contributed by atoms with E-state index < -0.39 is 0 Å². The predicted octanol–water partition coefficient (Wildman–Crippen LogP) is 2.91. The lowest BCUT2D eigenvalue weighted by atomic mass is 10.00. The highest BCUT2D eigenvalue weighted by molar-refractivity contribution is 5.81. The standard InChI is InChI=1S/C13H19NO/c1-4-5-8-12-11(10-15)7-6-9-13(12)14(2)3/h6-7,9-10H,4-5,8H2,1-3H3. The summed E-state index contributed by atoms with van der Waals surface area (Å²) in [5.74, 6) is 0. The van der Waals surface area contributed by atoms with Crippen molar-refractivity contribution in [3.05, 3.63) is 29.3 Å². The van der Waals surface area contributed by atoms with Crippen molar-refractivity contribution in [2.24, 2.45) is 0 Å². The van der Waals surface area contributed by atoms with Gasteiger partial charge in [-0.3, -0.25) is 4.79 Å². The number of carbonyl (C=O) groups is 1. The Morgan fingerprint density at radius 3 is 2.60 bits per heavy atom. The van der Waals surface area contributed by atoms with Crippen LogP contribution in [0.5, 0.6) is 0 Å². The molecule has 0 heterocycles.